The summed E-state index contributed by atoms with van der Waals surface area (Å²) in [5.41, 5.74) is 0. The second-order valence-corrected chi connectivity index (χ2v) is 10.1. The highest BCUT2D eigenvalue weighted by Crippen LogP contribution is 2.27. The maximum atomic E-state index is 3.63. The molecule has 1 rings (SSSR count). The van der Waals surface area contributed by atoms with Gasteiger partial charge in [-0.15, -0.1) is 0 Å². The predicted octanol–water partition coefficient (Wildman–Crippen LogP) is 9.81. The molecule has 2 heteroatoms. The van der Waals surface area contributed by atoms with Crippen molar-refractivity contribution in [2.45, 2.75) is 168 Å². The molecule has 0 amide bonds. The van der Waals surface area contributed by atoms with Crippen LogP contribution in [0.5, 0.6) is 0 Å². The minimum absolute atomic E-state index is 0.603. The summed E-state index contributed by atoms with van der Waals surface area (Å²) < 4.78 is 2.53. The average molecular weight is 434 g/mol. The Hall–Kier alpha value is -0.790. The Kier molecular flexibility index (Phi) is 18.1. The second kappa shape index (κ2) is 19.9. The third kappa shape index (κ3) is 13.4. The molecule has 0 spiro atoms. The van der Waals surface area contributed by atoms with Crippen LogP contribution in [0.4, 0.5) is 0 Å². The molecule has 0 aliphatic carbocycles. The summed E-state index contributed by atoms with van der Waals surface area (Å²) in [5.74, 6) is 2.21. The van der Waals surface area contributed by atoms with Crippen molar-refractivity contribution in [3.63, 3.8) is 0 Å². The van der Waals surface area contributed by atoms with Gasteiger partial charge in [0.15, 0.2) is 0 Å². The zero-order valence-electron chi connectivity index (χ0n) is 21.9. The van der Waals surface area contributed by atoms with E-state index in [2.05, 4.69) is 49.6 Å². The molecule has 0 saturated carbocycles. The number of aromatic nitrogens is 2. The van der Waals surface area contributed by atoms with Gasteiger partial charge < -0.3 is 0 Å². The van der Waals surface area contributed by atoms with Gasteiger partial charge in [-0.3, -0.25) is 0 Å². The van der Waals surface area contributed by atoms with E-state index in [0.29, 0.717) is 12.0 Å². The Morgan fingerprint density at radius 1 is 0.645 bits per heavy atom. The van der Waals surface area contributed by atoms with Crippen molar-refractivity contribution in [1.29, 1.82) is 0 Å². The molecule has 31 heavy (non-hydrogen) atoms. The lowest BCUT2D eigenvalue weighted by molar-refractivity contribution is -0.726. The van der Waals surface area contributed by atoms with Crippen LogP contribution in [0.3, 0.4) is 0 Å². The Bertz CT molecular complexity index is 493. The van der Waals surface area contributed by atoms with Gasteiger partial charge in [0.1, 0.15) is 12.4 Å². The third-order valence-corrected chi connectivity index (χ3v) is 7.26. The van der Waals surface area contributed by atoms with Crippen LogP contribution >= 0.6 is 0 Å². The fraction of sp³-hybridized carbons (Fsp3) is 0.897. The van der Waals surface area contributed by atoms with Crippen LogP contribution in [0.2, 0.25) is 0 Å². The van der Waals surface area contributed by atoms with E-state index in [1.807, 2.05) is 0 Å². The van der Waals surface area contributed by atoms with Crippen molar-refractivity contribution in [3.05, 3.63) is 18.2 Å². The summed E-state index contributed by atoms with van der Waals surface area (Å²) >= 11 is 0. The lowest BCUT2D eigenvalue weighted by atomic mass is 9.93. The zero-order valence-corrected chi connectivity index (χ0v) is 21.9. The predicted molar refractivity (Wildman–Crippen MR) is 138 cm³/mol. The number of H-pyrrole nitrogens is 1. The maximum absolute atomic E-state index is 3.63. The van der Waals surface area contributed by atoms with E-state index < -0.39 is 0 Å². The molecule has 2 atom stereocenters. The van der Waals surface area contributed by atoms with Crippen molar-refractivity contribution < 1.29 is 4.57 Å². The molecular formula is C29H57N2+. The standard InChI is InChI=1S/C29H56N2/c1-5-8-10-12-13-14-15-16-17-18-20-22-24-28(23-21-19-11-9-6-2)29-30-25-26-31(29)27(4)7-3/h25-28H,5-24H2,1-4H3/p+1. The normalized spacial score (nSPS) is 13.5. The number of nitrogens with zero attached hydrogens (tertiary/aromatic N) is 1. The van der Waals surface area contributed by atoms with Crippen LogP contribution in [0.15, 0.2) is 12.4 Å². The molecule has 1 aromatic rings. The van der Waals surface area contributed by atoms with Crippen LogP contribution in [-0.2, 0) is 0 Å². The minimum atomic E-state index is 0.603. The quantitative estimate of drug-likeness (QED) is 0.139. The number of unbranched alkanes of at least 4 members (excludes halogenated alkanes) is 15. The molecule has 1 aromatic heterocycles. The monoisotopic (exact) mass is 433 g/mol. The molecule has 0 saturated heterocycles. The van der Waals surface area contributed by atoms with Crippen molar-refractivity contribution >= 4 is 0 Å². The molecule has 0 aromatic carbocycles. The van der Waals surface area contributed by atoms with Crippen LogP contribution in [0, 0.1) is 0 Å². The molecule has 0 bridgehead atoms. The third-order valence-electron chi connectivity index (χ3n) is 7.26. The van der Waals surface area contributed by atoms with E-state index in [-0.39, 0.29) is 0 Å². The molecular weight excluding hydrogens is 376 g/mol. The molecule has 182 valence electrons. The first-order valence-electron chi connectivity index (χ1n) is 14.3. The Labute approximate surface area is 196 Å². The topological polar surface area (TPSA) is 19.7 Å². The van der Waals surface area contributed by atoms with Crippen LogP contribution in [0.25, 0.3) is 0 Å². The first-order chi connectivity index (χ1) is 15.2. The number of aromatic amines is 1. The molecule has 0 radical (unpaired) electrons. The van der Waals surface area contributed by atoms with Crippen LogP contribution in [-0.4, -0.2) is 4.98 Å². The number of nitrogens with one attached hydrogen (secondary N) is 1. The van der Waals surface area contributed by atoms with E-state index in [4.69, 9.17) is 0 Å². The van der Waals surface area contributed by atoms with E-state index >= 15 is 0 Å². The van der Waals surface area contributed by atoms with Crippen molar-refractivity contribution in [2.75, 3.05) is 0 Å². The van der Waals surface area contributed by atoms with Gasteiger partial charge in [0.05, 0.1) is 12.0 Å². The molecule has 2 nitrogen and oxygen atoms in total. The fourth-order valence-corrected chi connectivity index (χ4v) is 4.91. The molecule has 0 aliphatic heterocycles. The van der Waals surface area contributed by atoms with Gasteiger partial charge in [0, 0.05) is 0 Å². The first kappa shape index (κ1) is 28.2. The first-order valence-corrected chi connectivity index (χ1v) is 14.3. The summed E-state index contributed by atoms with van der Waals surface area (Å²) in [4.78, 5) is 3.63. The largest absolute Gasteiger partial charge is 0.257 e. The highest BCUT2D eigenvalue weighted by Gasteiger charge is 2.24. The summed E-state index contributed by atoms with van der Waals surface area (Å²) in [6.45, 7) is 9.28. The van der Waals surface area contributed by atoms with E-state index in [0.717, 1.165) is 0 Å². The fourth-order valence-electron chi connectivity index (χ4n) is 4.91. The number of imidazole rings is 1. The zero-order chi connectivity index (χ0) is 22.6. The van der Waals surface area contributed by atoms with Crippen LogP contribution in [0.1, 0.15) is 174 Å². The van der Waals surface area contributed by atoms with Crippen molar-refractivity contribution in [3.8, 4) is 0 Å². The number of hydrogen-bond donors (Lipinski definition) is 1. The van der Waals surface area contributed by atoms with E-state index in [1.54, 1.807) is 0 Å². The number of rotatable bonds is 22. The Morgan fingerprint density at radius 3 is 1.48 bits per heavy atom. The van der Waals surface area contributed by atoms with E-state index in [1.165, 1.54) is 134 Å². The van der Waals surface area contributed by atoms with Gasteiger partial charge in [0.25, 0.3) is 5.82 Å². The smallest absolute Gasteiger partial charge is 0.247 e. The lowest BCUT2D eigenvalue weighted by Gasteiger charge is -2.16. The molecule has 2 unspecified atom stereocenters. The summed E-state index contributed by atoms with van der Waals surface area (Å²) in [6, 6.07) is 0.603. The molecule has 1 heterocycles. The van der Waals surface area contributed by atoms with Crippen LogP contribution < -0.4 is 4.57 Å². The van der Waals surface area contributed by atoms with Crippen molar-refractivity contribution in [2.24, 2.45) is 0 Å². The van der Waals surface area contributed by atoms with Gasteiger partial charge in [0.2, 0.25) is 0 Å². The number of hydrogen-bond acceptors (Lipinski definition) is 0. The highest BCUT2D eigenvalue weighted by molar-refractivity contribution is 4.90. The van der Waals surface area contributed by atoms with Gasteiger partial charge in [-0.05, 0) is 26.2 Å². The highest BCUT2D eigenvalue weighted by atomic mass is 15.1. The Morgan fingerprint density at radius 2 is 1.06 bits per heavy atom. The molecule has 0 fully saturated rings. The van der Waals surface area contributed by atoms with Gasteiger partial charge in [-0.1, -0.05) is 130 Å². The summed E-state index contributed by atoms with van der Waals surface area (Å²) in [6.07, 6.45) is 32.6. The lowest BCUT2D eigenvalue weighted by Crippen LogP contribution is -2.40. The summed E-state index contributed by atoms with van der Waals surface area (Å²) in [7, 11) is 0. The van der Waals surface area contributed by atoms with Gasteiger partial charge in [-0.25, -0.2) is 9.55 Å². The minimum Gasteiger partial charge on any atom is -0.247 e. The second-order valence-electron chi connectivity index (χ2n) is 10.1. The molecule has 1 N–H and O–H groups in total. The van der Waals surface area contributed by atoms with Crippen molar-refractivity contribution in [1.82, 2.24) is 4.98 Å². The summed E-state index contributed by atoms with van der Waals surface area (Å²) in [5, 5.41) is 0. The molecule has 0 aliphatic rings. The van der Waals surface area contributed by atoms with E-state index in [9.17, 15) is 0 Å². The Balaban J connectivity index is 2.28. The SMILES string of the molecule is CCCCCCCCCCCCCCC(CCCCCCC)c1[nH]cc[n+]1C(C)CC. The average Bonchev–Trinajstić information content (AvgIpc) is 3.27. The van der Waals surface area contributed by atoms with Gasteiger partial charge in [-0.2, -0.15) is 0 Å². The maximum Gasteiger partial charge on any atom is 0.257 e. The van der Waals surface area contributed by atoms with Gasteiger partial charge >= 0.3 is 0 Å².